The molecule has 4 nitrogen and oxygen atoms in total. The fourth-order valence-corrected chi connectivity index (χ4v) is 9.00. The molecule has 0 unspecified atom stereocenters. The number of para-hydroxylation sites is 1. The number of nitrogens with zero attached hydrogens (tertiary/aromatic N) is 1. The molecular formula is C40H27NO3. The molecule has 9 rings (SSSR count). The molecular weight excluding hydrogens is 542 g/mol. The van der Waals surface area contributed by atoms with E-state index in [-0.39, 0.29) is 17.6 Å². The predicted molar refractivity (Wildman–Crippen MR) is 172 cm³/mol. The third-order valence-electron chi connectivity index (χ3n) is 10.5. The van der Waals surface area contributed by atoms with Crippen LogP contribution in [0.4, 0.5) is 5.69 Å². The zero-order chi connectivity index (χ0) is 29.8. The van der Waals surface area contributed by atoms with Gasteiger partial charge in [0.15, 0.2) is 5.78 Å². The largest absolute Gasteiger partial charge is 0.297 e. The van der Waals surface area contributed by atoms with E-state index in [0.717, 1.165) is 49.4 Å². The molecule has 2 aliphatic carbocycles. The molecule has 6 aromatic rings. The monoisotopic (exact) mass is 569 g/mol. The molecule has 210 valence electrons. The highest BCUT2D eigenvalue weighted by atomic mass is 16.2. The van der Waals surface area contributed by atoms with Gasteiger partial charge >= 0.3 is 0 Å². The highest BCUT2D eigenvalue weighted by Gasteiger charge is 2.82. The summed E-state index contributed by atoms with van der Waals surface area (Å²) in [6, 6.07) is 43.3. The second-order valence-corrected chi connectivity index (χ2v) is 12.3. The Hall–Kier alpha value is -5.35. The van der Waals surface area contributed by atoms with Gasteiger partial charge in [-0.2, -0.15) is 0 Å². The Kier molecular flexibility index (Phi) is 4.93. The number of carbonyl (C=O) groups is 3. The number of fused-ring (bicyclic) bond motifs is 13. The Morgan fingerprint density at radius 2 is 0.864 bits per heavy atom. The van der Waals surface area contributed by atoms with Gasteiger partial charge in [0.2, 0.25) is 11.8 Å². The van der Waals surface area contributed by atoms with E-state index in [1.165, 1.54) is 4.90 Å². The van der Waals surface area contributed by atoms with Crippen molar-refractivity contribution in [1.29, 1.82) is 0 Å². The summed E-state index contributed by atoms with van der Waals surface area (Å²) < 4.78 is 0. The smallest absolute Gasteiger partial charge is 0.239 e. The first-order valence-electron chi connectivity index (χ1n) is 15.1. The van der Waals surface area contributed by atoms with Crippen LogP contribution in [0.15, 0.2) is 133 Å². The molecule has 4 atom stereocenters. The standard InChI is InChI=1S/C40H27NO3/c1-24-14-8-13-23-31(24)41-36(42)34-35(37(41)43)40(26-17-6-3-7-18-26)33-30-22-12-10-20-28(30)27-19-9-11-21-29(27)32(33)39(34,38(40)44)25-15-4-2-5-16-25/h2-23,34-35H,1H3/t34-,35+,39-,40-/m0/s1. The molecule has 44 heavy (non-hydrogen) atoms. The Bertz CT molecular complexity index is 2090. The van der Waals surface area contributed by atoms with Crippen LogP contribution in [0.5, 0.6) is 0 Å². The van der Waals surface area contributed by atoms with Gasteiger partial charge in [-0.3, -0.25) is 14.4 Å². The van der Waals surface area contributed by atoms with Crippen LogP contribution in [0.25, 0.3) is 21.5 Å². The van der Waals surface area contributed by atoms with Crippen molar-refractivity contribution in [1.82, 2.24) is 0 Å². The number of aryl methyl sites for hydroxylation is 1. The SMILES string of the molecule is Cc1ccccc1N1C(=O)[C@@H]2[C@H](C1=O)[C@@]1(c3ccccc3)C(=O)[C@@]2(c2ccccc2)c2c1c1ccccc1c1ccccc21. The van der Waals surface area contributed by atoms with Crippen molar-refractivity contribution in [2.75, 3.05) is 4.90 Å². The maximum Gasteiger partial charge on any atom is 0.239 e. The fraction of sp³-hybridized carbons (Fsp3) is 0.125. The van der Waals surface area contributed by atoms with Crippen LogP contribution in [0.3, 0.4) is 0 Å². The summed E-state index contributed by atoms with van der Waals surface area (Å²) >= 11 is 0. The van der Waals surface area contributed by atoms with Gasteiger partial charge in [-0.25, -0.2) is 4.90 Å². The maximum absolute atomic E-state index is 15.8. The Balaban J connectivity index is 1.52. The number of hydrogen-bond donors (Lipinski definition) is 0. The molecule has 1 heterocycles. The number of imide groups is 1. The molecule has 4 heteroatoms. The van der Waals surface area contributed by atoms with Gasteiger partial charge < -0.3 is 0 Å². The highest BCUT2D eigenvalue weighted by Crippen LogP contribution is 2.72. The lowest BCUT2D eigenvalue weighted by molar-refractivity contribution is -0.130. The molecule has 1 saturated carbocycles. The third kappa shape index (κ3) is 2.69. The first-order valence-corrected chi connectivity index (χ1v) is 15.1. The van der Waals surface area contributed by atoms with Crippen molar-refractivity contribution in [3.05, 3.63) is 161 Å². The summed E-state index contributed by atoms with van der Waals surface area (Å²) in [6.45, 7) is 1.92. The van der Waals surface area contributed by atoms with Crippen LogP contribution in [0, 0.1) is 18.8 Å². The van der Waals surface area contributed by atoms with E-state index >= 15 is 4.79 Å². The van der Waals surface area contributed by atoms with Crippen molar-refractivity contribution in [3.63, 3.8) is 0 Å². The van der Waals surface area contributed by atoms with Gasteiger partial charge in [-0.1, -0.05) is 127 Å². The van der Waals surface area contributed by atoms with E-state index in [2.05, 4.69) is 24.3 Å². The van der Waals surface area contributed by atoms with E-state index in [1.54, 1.807) is 0 Å². The fourth-order valence-electron chi connectivity index (χ4n) is 9.00. The van der Waals surface area contributed by atoms with Gasteiger partial charge in [0.05, 0.1) is 28.4 Å². The summed E-state index contributed by atoms with van der Waals surface area (Å²) in [4.78, 5) is 47.2. The summed E-state index contributed by atoms with van der Waals surface area (Å²) in [6.07, 6.45) is 0. The topological polar surface area (TPSA) is 54.5 Å². The summed E-state index contributed by atoms with van der Waals surface area (Å²) in [5.74, 6) is -2.51. The average molecular weight is 570 g/mol. The van der Waals surface area contributed by atoms with E-state index in [9.17, 15) is 9.59 Å². The number of Topliss-reactive ketones (excluding diaryl/α,β-unsaturated/α-hetero) is 1. The molecule has 2 fully saturated rings. The Morgan fingerprint density at radius 1 is 0.477 bits per heavy atom. The van der Waals surface area contributed by atoms with Gasteiger partial charge in [-0.15, -0.1) is 0 Å². The summed E-state index contributed by atoms with van der Waals surface area (Å²) in [5.41, 5.74) is 1.93. The number of ketones is 1. The van der Waals surface area contributed by atoms with Crippen molar-refractivity contribution in [2.24, 2.45) is 11.8 Å². The lowest BCUT2D eigenvalue weighted by Crippen LogP contribution is -2.45. The summed E-state index contributed by atoms with van der Waals surface area (Å²) in [5, 5.41) is 3.96. The van der Waals surface area contributed by atoms with E-state index in [4.69, 9.17) is 0 Å². The summed E-state index contributed by atoms with van der Waals surface area (Å²) in [7, 11) is 0. The first-order chi connectivity index (χ1) is 21.5. The molecule has 3 aliphatic rings. The van der Waals surface area contributed by atoms with Crippen molar-refractivity contribution < 1.29 is 14.4 Å². The minimum atomic E-state index is -1.36. The second-order valence-electron chi connectivity index (χ2n) is 12.3. The number of rotatable bonds is 3. The number of anilines is 1. The molecule has 0 radical (unpaired) electrons. The molecule has 0 aromatic heterocycles. The quantitative estimate of drug-likeness (QED) is 0.166. The van der Waals surface area contributed by atoms with Crippen molar-refractivity contribution in [3.8, 4) is 0 Å². The van der Waals surface area contributed by atoms with E-state index in [0.29, 0.717) is 5.69 Å². The number of hydrogen-bond acceptors (Lipinski definition) is 3. The van der Waals surface area contributed by atoms with Crippen molar-refractivity contribution in [2.45, 2.75) is 17.8 Å². The van der Waals surface area contributed by atoms with Crippen molar-refractivity contribution >= 4 is 44.8 Å². The molecule has 2 amide bonds. The number of amides is 2. The highest BCUT2D eigenvalue weighted by molar-refractivity contribution is 6.34. The lowest BCUT2D eigenvalue weighted by atomic mass is 9.59. The van der Waals surface area contributed by atoms with Crippen LogP contribution in [-0.2, 0) is 25.2 Å². The zero-order valence-corrected chi connectivity index (χ0v) is 24.0. The minimum Gasteiger partial charge on any atom is -0.297 e. The van der Waals surface area contributed by atoms with Crippen LogP contribution >= 0.6 is 0 Å². The molecule has 1 aliphatic heterocycles. The van der Waals surface area contributed by atoms with E-state index < -0.39 is 22.7 Å². The first kappa shape index (κ1) is 25.2. The number of benzene rings is 6. The molecule has 1 saturated heterocycles. The van der Waals surface area contributed by atoms with Crippen LogP contribution in [0.1, 0.15) is 27.8 Å². The van der Waals surface area contributed by atoms with Crippen LogP contribution < -0.4 is 4.90 Å². The van der Waals surface area contributed by atoms with Gasteiger partial charge in [0, 0.05) is 0 Å². The maximum atomic E-state index is 15.8. The average Bonchev–Trinajstić information content (AvgIpc) is 3.58. The third-order valence-corrected chi connectivity index (χ3v) is 10.5. The second kappa shape index (κ2) is 8.61. The van der Waals surface area contributed by atoms with Crippen LogP contribution in [0.2, 0.25) is 0 Å². The Morgan fingerprint density at radius 3 is 1.32 bits per heavy atom. The lowest BCUT2D eigenvalue weighted by Gasteiger charge is -2.38. The molecule has 0 N–H and O–H groups in total. The molecule has 2 bridgehead atoms. The predicted octanol–water partition coefficient (Wildman–Crippen LogP) is 7.28. The normalized spacial score (nSPS) is 25.2. The van der Waals surface area contributed by atoms with Crippen LogP contribution in [-0.4, -0.2) is 17.6 Å². The van der Waals surface area contributed by atoms with Gasteiger partial charge in [0.25, 0.3) is 0 Å². The Labute approximate surface area is 254 Å². The molecule has 6 aromatic carbocycles. The van der Waals surface area contributed by atoms with E-state index in [1.807, 2.05) is 116 Å². The van der Waals surface area contributed by atoms with Gasteiger partial charge in [0.1, 0.15) is 0 Å². The molecule has 0 spiro atoms. The van der Waals surface area contributed by atoms with Gasteiger partial charge in [-0.05, 0) is 62.4 Å². The zero-order valence-electron chi connectivity index (χ0n) is 24.0. The number of carbonyl (C=O) groups excluding carboxylic acids is 3. The minimum absolute atomic E-state index is 0.0833.